The Bertz CT molecular complexity index is 465. The highest BCUT2D eigenvalue weighted by atomic mass is 16.4. The van der Waals surface area contributed by atoms with Crippen LogP contribution in [0.2, 0.25) is 0 Å². The number of rotatable bonds is 6. The third-order valence-electron chi connectivity index (χ3n) is 3.54. The molecule has 0 unspecified atom stereocenters. The van der Waals surface area contributed by atoms with Crippen molar-refractivity contribution in [3.05, 3.63) is 29.8 Å². The van der Waals surface area contributed by atoms with E-state index in [1.807, 2.05) is 20.8 Å². The minimum Gasteiger partial charge on any atom is -0.481 e. The van der Waals surface area contributed by atoms with E-state index >= 15 is 0 Å². The van der Waals surface area contributed by atoms with Gasteiger partial charge in [0.25, 0.3) is 0 Å². The van der Waals surface area contributed by atoms with Crippen molar-refractivity contribution in [1.82, 2.24) is 5.32 Å². The third-order valence-corrected chi connectivity index (χ3v) is 3.54. The fourth-order valence-electron chi connectivity index (χ4n) is 1.74. The van der Waals surface area contributed by atoms with Crippen molar-refractivity contribution >= 4 is 17.7 Å². The monoisotopic (exact) mass is 278 g/mol. The molecule has 0 fully saturated rings. The summed E-state index contributed by atoms with van der Waals surface area (Å²) in [6.45, 7) is 6.07. The summed E-state index contributed by atoms with van der Waals surface area (Å²) in [5.74, 6) is -0.870. The van der Waals surface area contributed by atoms with Gasteiger partial charge in [-0.25, -0.2) is 4.79 Å². The standard InChI is InChI=1S/C15H22N2O3/c1-4-15(3,5-2)17-14(20)16-12-8-6-11(7-9-12)10-13(18)19/h6-9H,4-5,10H2,1-3H3,(H,18,19)(H2,16,17,20). The average molecular weight is 278 g/mol. The number of hydrogen-bond acceptors (Lipinski definition) is 2. The Morgan fingerprint density at radius 1 is 1.15 bits per heavy atom. The second-order valence-electron chi connectivity index (χ2n) is 5.11. The molecule has 0 aromatic heterocycles. The Labute approximate surface area is 119 Å². The molecule has 0 saturated heterocycles. The average Bonchev–Trinajstić information content (AvgIpc) is 2.40. The Balaban J connectivity index is 2.60. The zero-order valence-corrected chi connectivity index (χ0v) is 12.2. The number of amides is 2. The molecule has 0 aliphatic carbocycles. The largest absolute Gasteiger partial charge is 0.481 e. The van der Waals surface area contributed by atoms with Gasteiger partial charge in [-0.15, -0.1) is 0 Å². The number of carboxylic acid groups (broad SMARTS) is 1. The Morgan fingerprint density at radius 2 is 1.70 bits per heavy atom. The maximum Gasteiger partial charge on any atom is 0.319 e. The van der Waals surface area contributed by atoms with Crippen LogP contribution in [-0.4, -0.2) is 22.6 Å². The molecule has 1 rings (SSSR count). The van der Waals surface area contributed by atoms with Crippen molar-refractivity contribution in [2.45, 2.75) is 45.6 Å². The summed E-state index contributed by atoms with van der Waals surface area (Å²) < 4.78 is 0. The highest BCUT2D eigenvalue weighted by molar-refractivity contribution is 5.89. The summed E-state index contributed by atoms with van der Waals surface area (Å²) in [4.78, 5) is 22.5. The van der Waals surface area contributed by atoms with Crippen LogP contribution in [0.5, 0.6) is 0 Å². The number of nitrogens with one attached hydrogen (secondary N) is 2. The second kappa shape index (κ2) is 6.93. The van der Waals surface area contributed by atoms with Gasteiger partial charge in [0.2, 0.25) is 0 Å². The lowest BCUT2D eigenvalue weighted by molar-refractivity contribution is -0.136. The number of aliphatic carboxylic acids is 1. The molecular weight excluding hydrogens is 256 g/mol. The van der Waals surface area contributed by atoms with E-state index in [-0.39, 0.29) is 18.0 Å². The first-order chi connectivity index (χ1) is 9.38. The van der Waals surface area contributed by atoms with Crippen LogP contribution in [0.3, 0.4) is 0 Å². The lowest BCUT2D eigenvalue weighted by Gasteiger charge is -2.28. The van der Waals surface area contributed by atoms with Gasteiger partial charge in [0.1, 0.15) is 0 Å². The van der Waals surface area contributed by atoms with E-state index in [1.54, 1.807) is 24.3 Å². The van der Waals surface area contributed by atoms with Gasteiger partial charge >= 0.3 is 12.0 Å². The minimum atomic E-state index is -0.870. The van der Waals surface area contributed by atoms with E-state index in [2.05, 4.69) is 10.6 Å². The predicted molar refractivity (Wildman–Crippen MR) is 78.9 cm³/mol. The molecule has 1 aromatic carbocycles. The van der Waals surface area contributed by atoms with E-state index in [9.17, 15) is 9.59 Å². The van der Waals surface area contributed by atoms with Crippen molar-refractivity contribution in [1.29, 1.82) is 0 Å². The van der Waals surface area contributed by atoms with E-state index < -0.39 is 5.97 Å². The maximum atomic E-state index is 11.9. The van der Waals surface area contributed by atoms with Crippen molar-refractivity contribution in [2.75, 3.05) is 5.32 Å². The van der Waals surface area contributed by atoms with Crippen LogP contribution in [0.4, 0.5) is 10.5 Å². The topological polar surface area (TPSA) is 78.4 Å². The van der Waals surface area contributed by atoms with E-state index in [1.165, 1.54) is 0 Å². The zero-order valence-electron chi connectivity index (χ0n) is 12.2. The van der Waals surface area contributed by atoms with Gasteiger partial charge < -0.3 is 15.7 Å². The Hall–Kier alpha value is -2.04. The van der Waals surface area contributed by atoms with Crippen LogP contribution in [0.25, 0.3) is 0 Å². The minimum absolute atomic E-state index is 0.0176. The Morgan fingerprint density at radius 3 is 2.15 bits per heavy atom. The number of anilines is 1. The first-order valence-electron chi connectivity index (χ1n) is 6.78. The normalized spacial score (nSPS) is 10.9. The van der Waals surface area contributed by atoms with Crippen molar-refractivity contribution in [3.8, 4) is 0 Å². The van der Waals surface area contributed by atoms with Gasteiger partial charge in [-0.05, 0) is 37.5 Å². The molecule has 0 heterocycles. The molecule has 0 bridgehead atoms. The molecule has 0 spiro atoms. The fourth-order valence-corrected chi connectivity index (χ4v) is 1.74. The van der Waals surface area contributed by atoms with E-state index in [4.69, 9.17) is 5.11 Å². The molecule has 0 saturated carbocycles. The van der Waals surface area contributed by atoms with Crippen molar-refractivity contribution in [3.63, 3.8) is 0 Å². The zero-order chi connectivity index (χ0) is 15.2. The maximum absolute atomic E-state index is 11.9. The van der Waals surface area contributed by atoms with Crippen LogP contribution >= 0.6 is 0 Å². The molecule has 2 amide bonds. The predicted octanol–water partition coefficient (Wildman–Crippen LogP) is 3.01. The van der Waals surface area contributed by atoms with E-state index in [0.29, 0.717) is 11.3 Å². The molecule has 0 aliphatic rings. The number of carboxylic acids is 1. The molecule has 0 atom stereocenters. The van der Waals surface area contributed by atoms with Crippen LogP contribution < -0.4 is 10.6 Å². The van der Waals surface area contributed by atoms with Gasteiger partial charge in [0.05, 0.1) is 6.42 Å². The van der Waals surface area contributed by atoms with Gasteiger partial charge in [0, 0.05) is 11.2 Å². The number of hydrogen-bond donors (Lipinski definition) is 3. The first-order valence-corrected chi connectivity index (χ1v) is 6.78. The molecule has 3 N–H and O–H groups in total. The van der Waals surface area contributed by atoms with Crippen molar-refractivity contribution in [2.24, 2.45) is 0 Å². The lowest BCUT2D eigenvalue weighted by atomic mass is 9.96. The third kappa shape index (κ3) is 4.91. The number of urea groups is 1. The summed E-state index contributed by atoms with van der Waals surface area (Å²) in [5, 5.41) is 14.4. The van der Waals surface area contributed by atoms with Crippen LogP contribution in [0.15, 0.2) is 24.3 Å². The second-order valence-corrected chi connectivity index (χ2v) is 5.11. The van der Waals surface area contributed by atoms with Crippen LogP contribution in [0.1, 0.15) is 39.2 Å². The SMILES string of the molecule is CCC(C)(CC)NC(=O)Nc1ccc(CC(=O)O)cc1. The summed E-state index contributed by atoms with van der Waals surface area (Å²) in [6, 6.07) is 6.55. The molecule has 0 radical (unpaired) electrons. The van der Waals surface area contributed by atoms with Gasteiger partial charge in [-0.1, -0.05) is 26.0 Å². The quantitative estimate of drug-likeness (QED) is 0.748. The van der Waals surface area contributed by atoms with Crippen LogP contribution in [0, 0.1) is 0 Å². The lowest BCUT2D eigenvalue weighted by Crippen LogP contribution is -2.46. The van der Waals surface area contributed by atoms with Gasteiger partial charge in [-0.3, -0.25) is 4.79 Å². The van der Waals surface area contributed by atoms with Gasteiger partial charge in [-0.2, -0.15) is 0 Å². The highest BCUT2D eigenvalue weighted by Crippen LogP contribution is 2.15. The number of carbonyl (C=O) groups is 2. The fraction of sp³-hybridized carbons (Fsp3) is 0.467. The molecular formula is C15H22N2O3. The van der Waals surface area contributed by atoms with Crippen molar-refractivity contribution < 1.29 is 14.7 Å². The summed E-state index contributed by atoms with van der Waals surface area (Å²) in [6.07, 6.45) is 1.69. The molecule has 5 nitrogen and oxygen atoms in total. The number of carbonyl (C=O) groups excluding carboxylic acids is 1. The smallest absolute Gasteiger partial charge is 0.319 e. The highest BCUT2D eigenvalue weighted by Gasteiger charge is 2.21. The summed E-state index contributed by atoms with van der Waals surface area (Å²) in [7, 11) is 0. The molecule has 5 heteroatoms. The van der Waals surface area contributed by atoms with Crippen LogP contribution in [-0.2, 0) is 11.2 Å². The summed E-state index contributed by atoms with van der Waals surface area (Å²) >= 11 is 0. The van der Waals surface area contributed by atoms with Gasteiger partial charge in [0.15, 0.2) is 0 Å². The Kier molecular flexibility index (Phi) is 5.55. The molecule has 110 valence electrons. The molecule has 1 aromatic rings. The first kappa shape index (κ1) is 16.0. The molecule has 0 aliphatic heterocycles. The number of benzene rings is 1. The summed E-state index contributed by atoms with van der Waals surface area (Å²) in [5.41, 5.74) is 1.13. The van der Waals surface area contributed by atoms with E-state index in [0.717, 1.165) is 12.8 Å². The molecule has 20 heavy (non-hydrogen) atoms.